The molecule has 0 saturated carbocycles. The van der Waals surface area contributed by atoms with Crippen molar-refractivity contribution in [3.05, 3.63) is 53.7 Å². The Morgan fingerprint density at radius 3 is 2.11 bits per heavy atom. The van der Waals surface area contributed by atoms with Crippen LogP contribution in [0.25, 0.3) is 22.4 Å². The van der Waals surface area contributed by atoms with Crippen molar-refractivity contribution in [2.45, 2.75) is 12.5 Å². The van der Waals surface area contributed by atoms with Crippen molar-refractivity contribution in [2.24, 2.45) is 0 Å². The van der Waals surface area contributed by atoms with Gasteiger partial charge in [0.15, 0.2) is 5.69 Å². The minimum Gasteiger partial charge on any atom is -0.406 e. The lowest BCUT2D eigenvalue weighted by Gasteiger charge is -2.13. The fraction of sp³-hybridized carbons (Fsp3) is 0.118. The number of hydrogen-bond acceptors (Lipinski definition) is 4. The van der Waals surface area contributed by atoms with Crippen LogP contribution in [0.5, 0.6) is 5.75 Å². The van der Waals surface area contributed by atoms with Gasteiger partial charge in [-0.15, -0.1) is 18.3 Å². The van der Waals surface area contributed by atoms with Crippen molar-refractivity contribution in [1.29, 1.82) is 5.26 Å². The molecule has 11 heteroatoms. The lowest BCUT2D eigenvalue weighted by molar-refractivity contribution is -0.274. The van der Waals surface area contributed by atoms with Gasteiger partial charge in [0.1, 0.15) is 17.5 Å². The predicted octanol–water partition coefficient (Wildman–Crippen LogP) is 4.93. The van der Waals surface area contributed by atoms with Gasteiger partial charge in [-0.2, -0.15) is 18.4 Å². The first kappa shape index (κ1) is 19.2. The number of nitriles is 1. The molecule has 0 saturated heterocycles. The fourth-order valence-corrected chi connectivity index (χ4v) is 2.45. The van der Waals surface area contributed by atoms with E-state index in [1.807, 2.05) is 0 Å². The Bertz CT molecular complexity index is 1030. The monoisotopic (exact) mass is 398 g/mol. The predicted molar refractivity (Wildman–Crippen MR) is 83.7 cm³/mol. The summed E-state index contributed by atoms with van der Waals surface area (Å²) >= 11 is 0. The second-order valence-electron chi connectivity index (χ2n) is 5.52. The molecule has 0 amide bonds. The zero-order chi connectivity index (χ0) is 20.5. The van der Waals surface area contributed by atoms with E-state index in [9.17, 15) is 26.3 Å². The van der Waals surface area contributed by atoms with Crippen LogP contribution in [0.3, 0.4) is 0 Å². The first-order valence-corrected chi connectivity index (χ1v) is 7.47. The zero-order valence-corrected chi connectivity index (χ0v) is 13.6. The van der Waals surface area contributed by atoms with Crippen molar-refractivity contribution < 1.29 is 31.1 Å². The maximum atomic E-state index is 13.3. The summed E-state index contributed by atoms with van der Waals surface area (Å²) in [7, 11) is 0. The molecule has 1 heterocycles. The standard InChI is InChI=1S/C17H8F6N4O/c18-16(19,20)12-6-10(5-11(7-12)15-14(8-24)25-27-26-15)9-1-3-13(4-2-9)28-17(21,22)23/h1-7H,(H,25,26,27). The van der Waals surface area contributed by atoms with Crippen LogP contribution in [-0.4, -0.2) is 21.8 Å². The SMILES string of the molecule is N#Cc1[nH]nnc1-c1cc(-c2ccc(OC(F)(F)F)cc2)cc(C(F)(F)F)c1. The number of nitrogens with zero attached hydrogens (tertiary/aromatic N) is 3. The molecule has 0 aliphatic carbocycles. The molecular weight excluding hydrogens is 390 g/mol. The van der Waals surface area contributed by atoms with Gasteiger partial charge < -0.3 is 4.74 Å². The van der Waals surface area contributed by atoms with Gasteiger partial charge >= 0.3 is 12.5 Å². The molecule has 28 heavy (non-hydrogen) atoms. The van der Waals surface area contributed by atoms with E-state index < -0.39 is 23.9 Å². The zero-order valence-electron chi connectivity index (χ0n) is 13.6. The number of hydrogen-bond donors (Lipinski definition) is 1. The third kappa shape index (κ3) is 4.22. The van der Waals surface area contributed by atoms with E-state index in [0.29, 0.717) is 0 Å². The molecule has 0 atom stereocenters. The molecule has 0 aliphatic rings. The van der Waals surface area contributed by atoms with Crippen molar-refractivity contribution in [3.63, 3.8) is 0 Å². The van der Waals surface area contributed by atoms with Crippen molar-refractivity contribution >= 4 is 0 Å². The van der Waals surface area contributed by atoms with Crippen molar-refractivity contribution in [3.8, 4) is 34.2 Å². The average Bonchev–Trinajstić information content (AvgIpc) is 3.08. The fourth-order valence-electron chi connectivity index (χ4n) is 2.45. The molecule has 2 aromatic carbocycles. The molecule has 3 aromatic rings. The minimum atomic E-state index is -4.88. The Morgan fingerprint density at radius 1 is 0.893 bits per heavy atom. The number of aromatic nitrogens is 3. The summed E-state index contributed by atoms with van der Waals surface area (Å²) < 4.78 is 80.3. The number of nitrogens with one attached hydrogen (secondary N) is 1. The molecular formula is C17H8F6N4O. The number of halogens is 6. The largest absolute Gasteiger partial charge is 0.573 e. The lowest BCUT2D eigenvalue weighted by Crippen LogP contribution is -2.16. The Hall–Kier alpha value is -3.55. The molecule has 144 valence electrons. The third-order valence-corrected chi connectivity index (χ3v) is 3.62. The third-order valence-electron chi connectivity index (χ3n) is 3.62. The highest BCUT2D eigenvalue weighted by Gasteiger charge is 2.32. The summed E-state index contributed by atoms with van der Waals surface area (Å²) in [5.74, 6) is -0.508. The van der Waals surface area contributed by atoms with Crippen LogP contribution in [-0.2, 0) is 6.18 Å². The van der Waals surface area contributed by atoms with E-state index in [1.165, 1.54) is 18.2 Å². The summed E-state index contributed by atoms with van der Waals surface area (Å²) in [6.45, 7) is 0. The van der Waals surface area contributed by atoms with E-state index in [4.69, 9.17) is 5.26 Å². The van der Waals surface area contributed by atoms with Gasteiger partial charge in [0.05, 0.1) is 5.56 Å². The van der Waals surface area contributed by atoms with Crippen molar-refractivity contribution in [1.82, 2.24) is 15.4 Å². The Morgan fingerprint density at radius 2 is 1.54 bits per heavy atom. The van der Waals surface area contributed by atoms with Gasteiger partial charge in [0.2, 0.25) is 0 Å². The maximum absolute atomic E-state index is 13.3. The summed E-state index contributed by atoms with van der Waals surface area (Å²) in [5, 5.41) is 18.3. The summed E-state index contributed by atoms with van der Waals surface area (Å²) in [6, 6.07) is 9.06. The molecule has 3 rings (SSSR count). The highest BCUT2D eigenvalue weighted by molar-refractivity contribution is 5.74. The molecule has 1 N–H and O–H groups in total. The van der Waals surface area contributed by atoms with Crippen LogP contribution in [0, 0.1) is 11.3 Å². The van der Waals surface area contributed by atoms with Crippen LogP contribution >= 0.6 is 0 Å². The first-order chi connectivity index (χ1) is 13.1. The van der Waals surface area contributed by atoms with Gasteiger partial charge in [-0.3, -0.25) is 0 Å². The number of aromatic amines is 1. The van der Waals surface area contributed by atoms with E-state index in [2.05, 4.69) is 20.1 Å². The summed E-state index contributed by atoms with van der Waals surface area (Å²) in [6.07, 6.45) is -9.58. The molecule has 0 bridgehead atoms. The van der Waals surface area contributed by atoms with Crippen LogP contribution in [0.1, 0.15) is 11.3 Å². The maximum Gasteiger partial charge on any atom is 0.573 e. The number of benzene rings is 2. The normalized spacial score (nSPS) is 11.9. The average molecular weight is 398 g/mol. The van der Waals surface area contributed by atoms with E-state index in [0.717, 1.165) is 24.3 Å². The van der Waals surface area contributed by atoms with Gasteiger partial charge in [-0.1, -0.05) is 17.3 Å². The second kappa shape index (κ2) is 6.88. The van der Waals surface area contributed by atoms with Crippen LogP contribution in [0.4, 0.5) is 26.3 Å². The molecule has 0 fully saturated rings. The number of ether oxygens (including phenoxy) is 1. The van der Waals surface area contributed by atoms with E-state index >= 15 is 0 Å². The Labute approximate surface area is 153 Å². The van der Waals surface area contributed by atoms with Crippen molar-refractivity contribution in [2.75, 3.05) is 0 Å². The number of H-pyrrole nitrogens is 1. The van der Waals surface area contributed by atoms with Crippen LogP contribution in [0.15, 0.2) is 42.5 Å². The number of rotatable bonds is 3. The smallest absolute Gasteiger partial charge is 0.406 e. The van der Waals surface area contributed by atoms with Gasteiger partial charge in [-0.05, 0) is 41.5 Å². The Balaban J connectivity index is 2.08. The molecule has 0 spiro atoms. The Kier molecular flexibility index (Phi) is 4.72. The molecule has 1 aromatic heterocycles. The van der Waals surface area contributed by atoms with E-state index in [-0.39, 0.29) is 28.1 Å². The molecule has 0 unspecified atom stereocenters. The lowest BCUT2D eigenvalue weighted by atomic mass is 9.97. The van der Waals surface area contributed by atoms with Crippen LogP contribution < -0.4 is 4.74 Å². The second-order valence-corrected chi connectivity index (χ2v) is 5.52. The molecule has 0 radical (unpaired) electrons. The summed E-state index contributed by atoms with van der Waals surface area (Å²) in [4.78, 5) is 0. The van der Waals surface area contributed by atoms with Gasteiger partial charge in [-0.25, -0.2) is 5.10 Å². The minimum absolute atomic E-state index is 0.0225. The van der Waals surface area contributed by atoms with Gasteiger partial charge in [0, 0.05) is 5.56 Å². The number of alkyl halides is 6. The summed E-state index contributed by atoms with van der Waals surface area (Å²) in [5.41, 5.74) is -0.960. The highest BCUT2D eigenvalue weighted by atomic mass is 19.4. The van der Waals surface area contributed by atoms with Crippen LogP contribution in [0.2, 0.25) is 0 Å². The van der Waals surface area contributed by atoms with E-state index in [1.54, 1.807) is 6.07 Å². The topological polar surface area (TPSA) is 74.6 Å². The van der Waals surface area contributed by atoms with Gasteiger partial charge in [0.25, 0.3) is 0 Å². The highest BCUT2D eigenvalue weighted by Crippen LogP contribution is 2.37. The quantitative estimate of drug-likeness (QED) is 0.635. The first-order valence-electron chi connectivity index (χ1n) is 7.47. The molecule has 0 aliphatic heterocycles. The molecule has 5 nitrogen and oxygen atoms in total.